The fourth-order valence-corrected chi connectivity index (χ4v) is 2.95. The average Bonchev–Trinajstić information content (AvgIpc) is 2.72. The van der Waals surface area contributed by atoms with E-state index in [1.807, 2.05) is 41.3 Å². The lowest BCUT2D eigenvalue weighted by molar-refractivity contribution is 0.0718. The minimum atomic E-state index is 0.0165. The van der Waals surface area contributed by atoms with Gasteiger partial charge in [0, 0.05) is 31.5 Å². The Bertz CT molecular complexity index is 712. The van der Waals surface area contributed by atoms with Crippen molar-refractivity contribution < 1.29 is 14.3 Å². The fraction of sp³-hybridized carbons (Fsp3) is 0.400. The average molecular weight is 355 g/mol. The standard InChI is InChI=1S/C20H25N3O3/c1-25-17-5-7-18(8-6-17)26-14-11-21-16-9-10-22-19(15-16)20(24)23-12-3-2-4-13-23/h5-10,15H,2-4,11-14H2,1H3,(H,21,22). The molecule has 6 heteroatoms. The summed E-state index contributed by atoms with van der Waals surface area (Å²) in [6, 6.07) is 11.2. The van der Waals surface area contributed by atoms with Crippen LogP contribution >= 0.6 is 0 Å². The van der Waals surface area contributed by atoms with Gasteiger partial charge in [0.1, 0.15) is 23.8 Å². The van der Waals surface area contributed by atoms with Gasteiger partial charge in [0.15, 0.2) is 0 Å². The third-order valence-electron chi connectivity index (χ3n) is 4.38. The summed E-state index contributed by atoms with van der Waals surface area (Å²) >= 11 is 0. The molecule has 138 valence electrons. The first-order chi connectivity index (χ1) is 12.8. The molecule has 1 aliphatic heterocycles. The molecule has 2 heterocycles. The number of carbonyl (C=O) groups excluding carboxylic acids is 1. The van der Waals surface area contributed by atoms with E-state index in [-0.39, 0.29) is 5.91 Å². The molecule has 0 radical (unpaired) electrons. The lowest BCUT2D eigenvalue weighted by atomic mass is 10.1. The van der Waals surface area contributed by atoms with Gasteiger partial charge >= 0.3 is 0 Å². The van der Waals surface area contributed by atoms with Gasteiger partial charge < -0.3 is 19.7 Å². The van der Waals surface area contributed by atoms with E-state index < -0.39 is 0 Å². The van der Waals surface area contributed by atoms with Gasteiger partial charge in [-0.15, -0.1) is 0 Å². The largest absolute Gasteiger partial charge is 0.497 e. The van der Waals surface area contributed by atoms with Gasteiger partial charge in [0.2, 0.25) is 0 Å². The number of amides is 1. The molecule has 0 aliphatic carbocycles. The lowest BCUT2D eigenvalue weighted by Crippen LogP contribution is -2.36. The fourth-order valence-electron chi connectivity index (χ4n) is 2.95. The van der Waals surface area contributed by atoms with E-state index in [0.717, 1.165) is 43.1 Å². The van der Waals surface area contributed by atoms with Gasteiger partial charge in [0.05, 0.1) is 7.11 Å². The van der Waals surface area contributed by atoms with Crippen LogP contribution in [0.25, 0.3) is 0 Å². The van der Waals surface area contributed by atoms with Gasteiger partial charge in [-0.3, -0.25) is 9.78 Å². The monoisotopic (exact) mass is 355 g/mol. The number of hydrogen-bond acceptors (Lipinski definition) is 5. The van der Waals surface area contributed by atoms with Crippen LogP contribution in [0.4, 0.5) is 5.69 Å². The molecule has 1 N–H and O–H groups in total. The molecule has 1 aromatic carbocycles. The van der Waals surface area contributed by atoms with Gasteiger partial charge in [-0.1, -0.05) is 0 Å². The van der Waals surface area contributed by atoms with E-state index in [0.29, 0.717) is 18.8 Å². The van der Waals surface area contributed by atoms with Crippen LogP contribution in [0.15, 0.2) is 42.6 Å². The van der Waals surface area contributed by atoms with E-state index in [1.54, 1.807) is 13.3 Å². The summed E-state index contributed by atoms with van der Waals surface area (Å²) in [5, 5.41) is 3.28. The van der Waals surface area contributed by atoms with Crippen molar-refractivity contribution >= 4 is 11.6 Å². The molecule has 1 amide bonds. The van der Waals surface area contributed by atoms with E-state index in [9.17, 15) is 4.79 Å². The maximum atomic E-state index is 12.5. The third kappa shape index (κ3) is 4.88. The number of rotatable bonds is 7. The van der Waals surface area contributed by atoms with Crippen LogP contribution in [-0.4, -0.2) is 49.1 Å². The summed E-state index contributed by atoms with van der Waals surface area (Å²) in [5.41, 5.74) is 1.37. The molecular formula is C20H25N3O3. The van der Waals surface area contributed by atoms with Crippen LogP contribution in [0.1, 0.15) is 29.8 Å². The Morgan fingerprint density at radius 2 is 1.85 bits per heavy atom. The molecular weight excluding hydrogens is 330 g/mol. The number of methoxy groups -OCH3 is 1. The smallest absolute Gasteiger partial charge is 0.272 e. The second kappa shape index (κ2) is 9.08. The minimum Gasteiger partial charge on any atom is -0.497 e. The Balaban J connectivity index is 1.48. The zero-order valence-corrected chi connectivity index (χ0v) is 15.1. The summed E-state index contributed by atoms with van der Waals surface area (Å²) in [6.45, 7) is 2.80. The number of likely N-dealkylation sites (tertiary alicyclic amines) is 1. The van der Waals surface area contributed by atoms with E-state index >= 15 is 0 Å². The van der Waals surface area contributed by atoms with Crippen LogP contribution in [0, 0.1) is 0 Å². The Labute approximate surface area is 154 Å². The number of nitrogens with zero attached hydrogens (tertiary/aromatic N) is 2. The van der Waals surface area contributed by atoms with E-state index in [1.165, 1.54) is 6.42 Å². The Hall–Kier alpha value is -2.76. The normalized spacial score (nSPS) is 14.0. The molecule has 0 unspecified atom stereocenters. The van der Waals surface area contributed by atoms with Crippen molar-refractivity contribution in [3.63, 3.8) is 0 Å². The first-order valence-electron chi connectivity index (χ1n) is 9.02. The molecule has 6 nitrogen and oxygen atoms in total. The van der Waals surface area contributed by atoms with Crippen molar-refractivity contribution in [3.05, 3.63) is 48.3 Å². The molecule has 0 spiro atoms. The number of benzene rings is 1. The Morgan fingerprint density at radius 1 is 1.12 bits per heavy atom. The second-order valence-corrected chi connectivity index (χ2v) is 6.23. The van der Waals surface area contributed by atoms with Gasteiger partial charge in [-0.05, 0) is 55.7 Å². The molecule has 0 saturated carbocycles. The number of anilines is 1. The predicted octanol–water partition coefficient (Wildman–Crippen LogP) is 3.21. The van der Waals surface area contributed by atoms with Crippen molar-refractivity contribution in [2.75, 3.05) is 38.7 Å². The molecule has 2 aromatic rings. The molecule has 1 fully saturated rings. The van der Waals surface area contributed by atoms with Crippen molar-refractivity contribution in [2.45, 2.75) is 19.3 Å². The number of ether oxygens (including phenoxy) is 2. The van der Waals surface area contributed by atoms with Crippen LogP contribution in [0.5, 0.6) is 11.5 Å². The molecule has 0 bridgehead atoms. The van der Waals surface area contributed by atoms with Gasteiger partial charge in [-0.25, -0.2) is 0 Å². The maximum Gasteiger partial charge on any atom is 0.272 e. The van der Waals surface area contributed by atoms with Crippen molar-refractivity contribution in [1.29, 1.82) is 0 Å². The molecule has 3 rings (SSSR count). The van der Waals surface area contributed by atoms with Crippen molar-refractivity contribution in [2.24, 2.45) is 0 Å². The Kier molecular flexibility index (Phi) is 6.30. The lowest BCUT2D eigenvalue weighted by Gasteiger charge is -2.26. The molecule has 1 saturated heterocycles. The summed E-state index contributed by atoms with van der Waals surface area (Å²) in [7, 11) is 1.64. The zero-order valence-electron chi connectivity index (χ0n) is 15.1. The second-order valence-electron chi connectivity index (χ2n) is 6.23. The van der Waals surface area contributed by atoms with Crippen molar-refractivity contribution in [1.82, 2.24) is 9.88 Å². The van der Waals surface area contributed by atoms with E-state index in [2.05, 4.69) is 10.3 Å². The molecule has 0 atom stereocenters. The van der Waals surface area contributed by atoms with Crippen molar-refractivity contribution in [3.8, 4) is 11.5 Å². The summed E-state index contributed by atoms with van der Waals surface area (Å²) in [6.07, 6.45) is 5.02. The SMILES string of the molecule is COc1ccc(OCCNc2ccnc(C(=O)N3CCCCC3)c2)cc1. The third-order valence-corrected chi connectivity index (χ3v) is 4.38. The number of nitrogens with one attached hydrogen (secondary N) is 1. The quantitative estimate of drug-likeness (QED) is 0.773. The van der Waals surface area contributed by atoms with Crippen LogP contribution in [-0.2, 0) is 0 Å². The highest BCUT2D eigenvalue weighted by molar-refractivity contribution is 5.93. The highest BCUT2D eigenvalue weighted by atomic mass is 16.5. The summed E-state index contributed by atoms with van der Waals surface area (Å²) < 4.78 is 10.8. The predicted molar refractivity (Wildman–Crippen MR) is 101 cm³/mol. The maximum absolute atomic E-state index is 12.5. The van der Waals surface area contributed by atoms with Gasteiger partial charge in [-0.2, -0.15) is 0 Å². The number of carbonyl (C=O) groups is 1. The van der Waals surface area contributed by atoms with Crippen LogP contribution in [0.2, 0.25) is 0 Å². The highest BCUT2D eigenvalue weighted by Gasteiger charge is 2.19. The van der Waals surface area contributed by atoms with Crippen LogP contribution < -0.4 is 14.8 Å². The number of hydrogen-bond donors (Lipinski definition) is 1. The molecule has 1 aliphatic rings. The first-order valence-corrected chi connectivity index (χ1v) is 9.02. The molecule has 26 heavy (non-hydrogen) atoms. The summed E-state index contributed by atoms with van der Waals surface area (Å²) in [4.78, 5) is 18.6. The Morgan fingerprint density at radius 3 is 2.58 bits per heavy atom. The van der Waals surface area contributed by atoms with Gasteiger partial charge in [0.25, 0.3) is 5.91 Å². The summed E-state index contributed by atoms with van der Waals surface area (Å²) in [5.74, 6) is 1.62. The highest BCUT2D eigenvalue weighted by Crippen LogP contribution is 2.17. The number of aromatic nitrogens is 1. The topological polar surface area (TPSA) is 63.7 Å². The zero-order chi connectivity index (χ0) is 18.2. The first kappa shape index (κ1) is 18.0. The molecule has 1 aromatic heterocycles. The number of piperidine rings is 1. The minimum absolute atomic E-state index is 0.0165. The van der Waals surface area contributed by atoms with Crippen LogP contribution in [0.3, 0.4) is 0 Å². The van der Waals surface area contributed by atoms with E-state index in [4.69, 9.17) is 9.47 Å². The number of pyridine rings is 1.